The molecule has 5 nitrogen and oxygen atoms in total. The van der Waals surface area contributed by atoms with E-state index in [-0.39, 0.29) is 5.91 Å². The minimum Gasteiger partial charge on any atom is -0.494 e. The number of carbonyl (C=O) groups is 1. The molecule has 1 aromatic heterocycles. The Bertz CT molecular complexity index is 1060. The van der Waals surface area contributed by atoms with Gasteiger partial charge in [-0.05, 0) is 52.7 Å². The van der Waals surface area contributed by atoms with Crippen LogP contribution in [0.1, 0.15) is 5.56 Å². The number of pyridine rings is 1. The molecule has 6 heteroatoms. The summed E-state index contributed by atoms with van der Waals surface area (Å²) in [7, 11) is 1.60. The van der Waals surface area contributed by atoms with E-state index in [1.54, 1.807) is 13.3 Å². The highest BCUT2D eigenvalue weighted by Gasteiger charge is 2.24. The topological polar surface area (TPSA) is 63.6 Å². The van der Waals surface area contributed by atoms with Crippen molar-refractivity contribution < 1.29 is 9.53 Å². The molecule has 1 aliphatic rings. The van der Waals surface area contributed by atoms with Gasteiger partial charge in [-0.2, -0.15) is 0 Å². The molecule has 4 rings (SSSR count). The van der Waals surface area contributed by atoms with Gasteiger partial charge in [0.1, 0.15) is 11.4 Å². The molecule has 1 amide bonds. The first-order chi connectivity index (χ1) is 13.7. The largest absolute Gasteiger partial charge is 0.494 e. The number of thioether (sulfide) groups is 1. The number of para-hydroxylation sites is 2. The third-order valence-electron chi connectivity index (χ3n) is 4.16. The van der Waals surface area contributed by atoms with Crippen molar-refractivity contribution in [3.05, 3.63) is 83.5 Å². The van der Waals surface area contributed by atoms with Gasteiger partial charge in [0.25, 0.3) is 5.91 Å². The third-order valence-corrected chi connectivity index (χ3v) is 5.07. The van der Waals surface area contributed by atoms with Crippen molar-refractivity contribution in [1.29, 1.82) is 0 Å². The normalized spacial score (nSPS) is 16.4. The van der Waals surface area contributed by atoms with Crippen LogP contribution in [0.2, 0.25) is 0 Å². The molecule has 2 heterocycles. The van der Waals surface area contributed by atoms with E-state index in [1.165, 1.54) is 11.8 Å². The van der Waals surface area contributed by atoms with E-state index in [9.17, 15) is 4.79 Å². The van der Waals surface area contributed by atoms with Gasteiger partial charge < -0.3 is 10.1 Å². The Labute approximate surface area is 167 Å². The standard InChI is InChI=1S/C22H17N3O2S/c1-27-19-7-3-2-6-18(19)24-22-25-21(26)20(28-22)13-15-8-10-16(11-9-15)17-5-4-12-23-14-17/h2-14H,1H3,(H,24,25,26)/b20-13-. The predicted molar refractivity (Wildman–Crippen MR) is 113 cm³/mol. The van der Waals surface area contributed by atoms with Crippen molar-refractivity contribution in [1.82, 2.24) is 10.3 Å². The third kappa shape index (κ3) is 3.97. The maximum Gasteiger partial charge on any atom is 0.264 e. The fraction of sp³-hybridized carbons (Fsp3) is 0.0455. The summed E-state index contributed by atoms with van der Waals surface area (Å²) in [6, 6.07) is 19.4. The van der Waals surface area contributed by atoms with Gasteiger partial charge in [0, 0.05) is 12.4 Å². The number of nitrogens with one attached hydrogen (secondary N) is 1. The van der Waals surface area contributed by atoms with Crippen LogP contribution in [0.3, 0.4) is 0 Å². The number of aliphatic imine (C=N–C) groups is 1. The molecule has 3 aromatic rings. The summed E-state index contributed by atoms with van der Waals surface area (Å²) in [6.45, 7) is 0. The lowest BCUT2D eigenvalue weighted by atomic mass is 10.1. The first-order valence-corrected chi connectivity index (χ1v) is 9.47. The number of hydrogen-bond donors (Lipinski definition) is 1. The lowest BCUT2D eigenvalue weighted by Crippen LogP contribution is -2.19. The van der Waals surface area contributed by atoms with Crippen LogP contribution in [0.25, 0.3) is 17.2 Å². The first-order valence-electron chi connectivity index (χ1n) is 8.66. The van der Waals surface area contributed by atoms with Gasteiger partial charge in [-0.25, -0.2) is 4.99 Å². The van der Waals surface area contributed by atoms with Crippen molar-refractivity contribution in [2.75, 3.05) is 7.11 Å². The Morgan fingerprint density at radius 2 is 1.86 bits per heavy atom. The van der Waals surface area contributed by atoms with Gasteiger partial charge in [0.05, 0.1) is 12.0 Å². The van der Waals surface area contributed by atoms with Crippen molar-refractivity contribution in [2.24, 2.45) is 4.99 Å². The number of methoxy groups -OCH3 is 1. The minimum atomic E-state index is -0.157. The average Bonchev–Trinajstić information content (AvgIpc) is 3.08. The van der Waals surface area contributed by atoms with Crippen molar-refractivity contribution in [3.8, 4) is 16.9 Å². The molecule has 1 fully saturated rings. The van der Waals surface area contributed by atoms with E-state index in [4.69, 9.17) is 4.74 Å². The van der Waals surface area contributed by atoms with Crippen LogP contribution in [0, 0.1) is 0 Å². The molecule has 2 aromatic carbocycles. The van der Waals surface area contributed by atoms with E-state index in [1.807, 2.05) is 72.9 Å². The number of carbonyl (C=O) groups excluding carboxylic acids is 1. The highest BCUT2D eigenvalue weighted by Crippen LogP contribution is 2.32. The van der Waals surface area contributed by atoms with Gasteiger partial charge in [-0.3, -0.25) is 9.78 Å². The number of hydrogen-bond acceptors (Lipinski definition) is 5. The Balaban J connectivity index is 1.54. The lowest BCUT2D eigenvalue weighted by molar-refractivity contribution is -0.115. The maximum atomic E-state index is 12.3. The maximum absolute atomic E-state index is 12.3. The van der Waals surface area contributed by atoms with E-state index in [0.717, 1.165) is 16.7 Å². The molecule has 0 atom stereocenters. The van der Waals surface area contributed by atoms with Crippen molar-refractivity contribution in [3.63, 3.8) is 0 Å². The molecule has 1 aliphatic heterocycles. The Morgan fingerprint density at radius 1 is 1.04 bits per heavy atom. The van der Waals surface area contributed by atoms with Crippen LogP contribution in [-0.4, -0.2) is 23.2 Å². The van der Waals surface area contributed by atoms with E-state index in [2.05, 4.69) is 15.3 Å². The summed E-state index contributed by atoms with van der Waals surface area (Å²) >= 11 is 1.31. The average molecular weight is 387 g/mol. The van der Waals surface area contributed by atoms with Crippen LogP contribution >= 0.6 is 11.8 Å². The second-order valence-corrected chi connectivity index (χ2v) is 7.05. The quantitative estimate of drug-likeness (QED) is 0.662. The number of amides is 1. The molecule has 0 bridgehead atoms. The second kappa shape index (κ2) is 8.10. The predicted octanol–water partition coefficient (Wildman–Crippen LogP) is 4.65. The van der Waals surface area contributed by atoms with Crippen molar-refractivity contribution in [2.45, 2.75) is 0 Å². The zero-order valence-electron chi connectivity index (χ0n) is 15.1. The molecule has 1 N–H and O–H groups in total. The number of ether oxygens (including phenoxy) is 1. The number of aromatic nitrogens is 1. The molecule has 28 heavy (non-hydrogen) atoms. The van der Waals surface area contributed by atoms with Gasteiger partial charge in [0.2, 0.25) is 0 Å². The summed E-state index contributed by atoms with van der Waals surface area (Å²) in [6.07, 6.45) is 5.44. The SMILES string of the molecule is COc1ccccc1N=C1NC(=O)/C(=C/c2ccc(-c3cccnc3)cc2)S1. The molecule has 0 spiro atoms. The summed E-state index contributed by atoms with van der Waals surface area (Å²) in [4.78, 5) is 21.5. The Morgan fingerprint density at radius 3 is 2.61 bits per heavy atom. The zero-order valence-corrected chi connectivity index (χ0v) is 15.9. The molecule has 0 saturated carbocycles. The summed E-state index contributed by atoms with van der Waals surface area (Å²) in [5.41, 5.74) is 3.76. The number of amidine groups is 1. The van der Waals surface area contributed by atoms with Crippen LogP contribution in [-0.2, 0) is 4.79 Å². The molecular formula is C22H17N3O2S. The number of rotatable bonds is 4. The van der Waals surface area contributed by atoms with Gasteiger partial charge in [-0.1, -0.05) is 42.5 Å². The van der Waals surface area contributed by atoms with Crippen molar-refractivity contribution >= 4 is 34.6 Å². The number of benzene rings is 2. The first kappa shape index (κ1) is 18.0. The summed E-state index contributed by atoms with van der Waals surface area (Å²) < 4.78 is 5.30. The Hall–Kier alpha value is -3.38. The Kier molecular flexibility index (Phi) is 5.21. The van der Waals surface area contributed by atoms with E-state index < -0.39 is 0 Å². The van der Waals surface area contributed by atoms with Gasteiger partial charge >= 0.3 is 0 Å². The molecule has 0 radical (unpaired) electrons. The zero-order chi connectivity index (χ0) is 19.3. The van der Waals surface area contributed by atoms with E-state index in [0.29, 0.717) is 21.5 Å². The van der Waals surface area contributed by atoms with E-state index >= 15 is 0 Å². The highest BCUT2D eigenvalue weighted by molar-refractivity contribution is 8.18. The fourth-order valence-electron chi connectivity index (χ4n) is 2.77. The smallest absolute Gasteiger partial charge is 0.264 e. The monoisotopic (exact) mass is 387 g/mol. The fourth-order valence-corrected chi connectivity index (χ4v) is 3.60. The van der Waals surface area contributed by atoms with Gasteiger partial charge in [-0.15, -0.1) is 0 Å². The lowest BCUT2D eigenvalue weighted by Gasteiger charge is -2.03. The van der Waals surface area contributed by atoms with Crippen LogP contribution in [0.5, 0.6) is 5.75 Å². The van der Waals surface area contributed by atoms with Crippen LogP contribution < -0.4 is 10.1 Å². The summed E-state index contributed by atoms with van der Waals surface area (Å²) in [5, 5.41) is 3.34. The minimum absolute atomic E-state index is 0.157. The second-order valence-electron chi connectivity index (χ2n) is 6.02. The molecular weight excluding hydrogens is 370 g/mol. The van der Waals surface area contributed by atoms with Gasteiger partial charge in [0.15, 0.2) is 5.17 Å². The molecule has 0 unspecified atom stereocenters. The number of nitrogens with zero attached hydrogens (tertiary/aromatic N) is 2. The van der Waals surface area contributed by atoms with Crippen LogP contribution in [0.15, 0.2) is 83.0 Å². The highest BCUT2D eigenvalue weighted by atomic mass is 32.2. The molecule has 138 valence electrons. The molecule has 0 aliphatic carbocycles. The molecule has 1 saturated heterocycles. The summed E-state index contributed by atoms with van der Waals surface area (Å²) in [5.74, 6) is 0.503. The van der Waals surface area contributed by atoms with Crippen LogP contribution in [0.4, 0.5) is 5.69 Å².